The van der Waals surface area contributed by atoms with Crippen molar-refractivity contribution in [3.05, 3.63) is 34.1 Å². The number of carboxylic acid groups (broad SMARTS) is 1. The molecule has 1 saturated heterocycles. The second-order valence-electron chi connectivity index (χ2n) is 8.30. The van der Waals surface area contributed by atoms with Crippen LogP contribution in [-0.4, -0.2) is 67.7 Å². The topological polar surface area (TPSA) is 121 Å². The number of alkyl halides is 6. The molecule has 15 heteroatoms. The number of anilines is 1. The summed E-state index contributed by atoms with van der Waals surface area (Å²) in [7, 11) is 1.44. The van der Waals surface area contributed by atoms with Gasteiger partial charge in [0.15, 0.2) is 5.82 Å². The molecule has 1 fully saturated rings. The number of likely N-dealkylation sites (N-methyl/N-ethyl adjacent to an activating group) is 1. The van der Waals surface area contributed by atoms with E-state index in [1.807, 2.05) is 0 Å². The van der Waals surface area contributed by atoms with Crippen molar-refractivity contribution >= 4 is 11.8 Å². The molecule has 1 aliphatic heterocycles. The molecule has 0 bridgehead atoms. The molecule has 1 aliphatic rings. The molecule has 1 aromatic heterocycles. The van der Waals surface area contributed by atoms with Crippen molar-refractivity contribution in [3.8, 4) is 17.1 Å². The van der Waals surface area contributed by atoms with E-state index in [2.05, 4.69) is 34.3 Å². The number of aromatic hydroxyl groups is 1. The van der Waals surface area contributed by atoms with E-state index in [-0.39, 0.29) is 23.2 Å². The van der Waals surface area contributed by atoms with Crippen molar-refractivity contribution in [1.82, 2.24) is 19.7 Å². The van der Waals surface area contributed by atoms with Crippen LogP contribution in [0.4, 0.5) is 32.2 Å². The van der Waals surface area contributed by atoms with E-state index in [0.29, 0.717) is 12.0 Å². The average molecular weight is 525 g/mol. The Morgan fingerprint density at radius 2 is 1.78 bits per heavy atom. The van der Waals surface area contributed by atoms with Crippen molar-refractivity contribution in [2.75, 3.05) is 25.0 Å². The maximum absolute atomic E-state index is 12.8. The van der Waals surface area contributed by atoms with E-state index in [9.17, 15) is 36.2 Å². The number of hydrogen-bond acceptors (Lipinski definition) is 7. The summed E-state index contributed by atoms with van der Waals surface area (Å²) >= 11 is 0. The van der Waals surface area contributed by atoms with Gasteiger partial charge in [-0.25, -0.2) is 4.79 Å². The van der Waals surface area contributed by atoms with E-state index in [1.165, 1.54) is 11.6 Å². The normalized spacial score (nSPS) is 18.8. The van der Waals surface area contributed by atoms with Crippen LogP contribution in [0.3, 0.4) is 0 Å². The van der Waals surface area contributed by atoms with Gasteiger partial charge in [0.2, 0.25) is 5.82 Å². The first-order chi connectivity index (χ1) is 16.5. The highest BCUT2D eigenvalue weighted by atomic mass is 19.4. The summed E-state index contributed by atoms with van der Waals surface area (Å²) in [5.41, 5.74) is -1.45. The minimum atomic E-state index is -5.08. The Kier molecular flexibility index (Phi) is 8.93. The zero-order chi connectivity index (χ0) is 27.4. The van der Waals surface area contributed by atoms with Crippen LogP contribution in [0.15, 0.2) is 23.0 Å². The van der Waals surface area contributed by atoms with Crippen LogP contribution in [-0.2, 0) is 18.0 Å². The van der Waals surface area contributed by atoms with E-state index < -0.39 is 35.2 Å². The molecule has 2 heterocycles. The summed E-state index contributed by atoms with van der Waals surface area (Å²) in [5.74, 6) is -2.84. The number of rotatable bonds is 4. The first-order valence-electron chi connectivity index (χ1n) is 10.7. The minimum absolute atomic E-state index is 0.0000896. The molecular weight excluding hydrogens is 500 g/mol. The van der Waals surface area contributed by atoms with Gasteiger partial charge in [0.1, 0.15) is 5.75 Å². The highest BCUT2D eigenvalue weighted by molar-refractivity contribution is 5.73. The van der Waals surface area contributed by atoms with Crippen molar-refractivity contribution < 1.29 is 41.4 Å². The number of carboxylic acids is 1. The summed E-state index contributed by atoms with van der Waals surface area (Å²) < 4.78 is 71.3. The van der Waals surface area contributed by atoms with Gasteiger partial charge in [-0.1, -0.05) is 13.8 Å². The number of nitrogens with one attached hydrogen (secondary N) is 1. The molecule has 2 atom stereocenters. The number of halogens is 6. The molecule has 3 N–H and O–H groups in total. The molecule has 0 unspecified atom stereocenters. The van der Waals surface area contributed by atoms with Crippen LogP contribution >= 0.6 is 0 Å². The number of aromatic nitrogens is 3. The van der Waals surface area contributed by atoms with Crippen LogP contribution in [0.1, 0.15) is 25.8 Å². The summed E-state index contributed by atoms with van der Waals surface area (Å²) in [6.45, 7) is 6.94. The molecule has 36 heavy (non-hydrogen) atoms. The number of hydrogen-bond donors (Lipinski definition) is 3. The van der Waals surface area contributed by atoms with Gasteiger partial charge >= 0.3 is 18.3 Å². The first-order valence-corrected chi connectivity index (χ1v) is 10.7. The quantitative estimate of drug-likeness (QED) is 0.520. The third-order valence-corrected chi connectivity index (χ3v) is 5.40. The third kappa shape index (κ3) is 7.32. The lowest BCUT2D eigenvalue weighted by molar-refractivity contribution is -0.192. The molecule has 200 valence electrons. The molecule has 3 rings (SSSR count). The van der Waals surface area contributed by atoms with Crippen LogP contribution < -0.4 is 10.9 Å². The highest BCUT2D eigenvalue weighted by Gasteiger charge is 2.38. The summed E-state index contributed by atoms with van der Waals surface area (Å²) in [4.78, 5) is 23.9. The van der Waals surface area contributed by atoms with E-state index in [4.69, 9.17) is 9.90 Å². The SMILES string of the molecule is CCN1C[C@H](C)C[C@@H](Nc2nnc(-c3ccc(C(F)(F)F)cc3O)n(C)c2=O)C1.O=C(O)C(F)(F)F. The number of phenolic OH excluding ortho intramolecular Hbond substituents is 1. The third-order valence-electron chi connectivity index (χ3n) is 5.40. The van der Waals surface area contributed by atoms with Gasteiger partial charge in [-0.2, -0.15) is 26.3 Å². The molecule has 0 saturated carbocycles. The summed E-state index contributed by atoms with van der Waals surface area (Å²) in [5, 5.41) is 28.2. The summed E-state index contributed by atoms with van der Waals surface area (Å²) in [6.07, 6.45) is -8.77. The largest absolute Gasteiger partial charge is 0.507 e. The highest BCUT2D eigenvalue weighted by Crippen LogP contribution is 2.35. The molecule has 0 aliphatic carbocycles. The van der Waals surface area contributed by atoms with Gasteiger partial charge in [0.05, 0.1) is 11.1 Å². The van der Waals surface area contributed by atoms with Crippen molar-refractivity contribution in [1.29, 1.82) is 0 Å². The van der Waals surface area contributed by atoms with Gasteiger partial charge in [-0.15, -0.1) is 10.2 Å². The fourth-order valence-corrected chi connectivity index (χ4v) is 3.70. The van der Waals surface area contributed by atoms with Crippen molar-refractivity contribution in [3.63, 3.8) is 0 Å². The average Bonchev–Trinajstić information content (AvgIpc) is 2.76. The number of likely N-dealkylation sites (tertiary alicyclic amines) is 1. The van der Waals surface area contributed by atoms with Crippen LogP contribution in [0.25, 0.3) is 11.4 Å². The van der Waals surface area contributed by atoms with Crippen LogP contribution in [0.2, 0.25) is 0 Å². The van der Waals surface area contributed by atoms with E-state index in [1.54, 1.807) is 0 Å². The van der Waals surface area contributed by atoms with Gasteiger partial charge < -0.3 is 20.4 Å². The second kappa shape index (κ2) is 11.1. The van der Waals surface area contributed by atoms with E-state index in [0.717, 1.165) is 38.2 Å². The number of nitrogens with zero attached hydrogens (tertiary/aromatic N) is 4. The molecule has 0 spiro atoms. The Bertz CT molecular complexity index is 1140. The lowest BCUT2D eigenvalue weighted by atomic mass is 9.96. The minimum Gasteiger partial charge on any atom is -0.507 e. The van der Waals surface area contributed by atoms with Gasteiger partial charge in [0.25, 0.3) is 5.56 Å². The Morgan fingerprint density at radius 1 is 1.17 bits per heavy atom. The van der Waals surface area contributed by atoms with Crippen LogP contribution in [0, 0.1) is 5.92 Å². The maximum atomic E-state index is 12.8. The number of phenols is 1. The molecular formula is C21H25F6N5O4. The number of piperidine rings is 1. The zero-order valence-electron chi connectivity index (χ0n) is 19.5. The monoisotopic (exact) mass is 525 g/mol. The Labute approximate surface area is 201 Å². The number of carbonyl (C=O) groups is 1. The maximum Gasteiger partial charge on any atom is 0.490 e. The molecule has 0 radical (unpaired) electrons. The molecule has 0 amide bonds. The predicted octanol–water partition coefficient (Wildman–Crippen LogP) is 3.34. The Morgan fingerprint density at radius 3 is 2.28 bits per heavy atom. The smallest absolute Gasteiger partial charge is 0.490 e. The summed E-state index contributed by atoms with van der Waals surface area (Å²) in [6, 6.07) is 2.56. The van der Waals surface area contributed by atoms with Gasteiger partial charge in [0, 0.05) is 26.2 Å². The van der Waals surface area contributed by atoms with E-state index >= 15 is 0 Å². The number of aliphatic carboxylic acids is 1. The Hall–Kier alpha value is -3.36. The first kappa shape index (κ1) is 28.9. The molecule has 1 aromatic carbocycles. The number of benzene rings is 1. The zero-order valence-corrected chi connectivity index (χ0v) is 19.5. The lowest BCUT2D eigenvalue weighted by Gasteiger charge is -2.36. The lowest BCUT2D eigenvalue weighted by Crippen LogP contribution is -2.46. The Balaban J connectivity index is 0.000000572. The predicted molar refractivity (Wildman–Crippen MR) is 116 cm³/mol. The fourth-order valence-electron chi connectivity index (χ4n) is 3.70. The van der Waals surface area contributed by atoms with Gasteiger partial charge in [-0.3, -0.25) is 9.36 Å². The standard InChI is InChI=1S/C19H24F3N5O2.C2HF3O2/c1-4-27-9-11(2)7-13(10-27)23-16-18(29)26(3)17(25-24-16)14-6-5-12(8-15(14)28)19(20,21)22;3-2(4,5)1(6)7/h5-6,8,11,13,28H,4,7,9-10H2,1-3H3,(H,23,24);(H,6,7)/t11-,13-;/m1./s1. The fraction of sp³-hybridized carbons (Fsp3) is 0.524. The van der Waals surface area contributed by atoms with Crippen molar-refractivity contribution in [2.45, 2.75) is 38.7 Å². The van der Waals surface area contributed by atoms with Gasteiger partial charge in [-0.05, 0) is 37.1 Å². The van der Waals surface area contributed by atoms with Crippen LogP contribution in [0.5, 0.6) is 5.75 Å². The second-order valence-corrected chi connectivity index (χ2v) is 8.30. The molecule has 9 nitrogen and oxygen atoms in total. The van der Waals surface area contributed by atoms with Crippen molar-refractivity contribution in [2.24, 2.45) is 13.0 Å². The molecule has 2 aromatic rings.